The quantitative estimate of drug-likeness (QED) is 0.893. The monoisotopic (exact) mass is 257 g/mol. The number of imidazole rings is 1. The van der Waals surface area contributed by atoms with Gasteiger partial charge in [0.2, 0.25) is 0 Å². The molecule has 18 heavy (non-hydrogen) atoms. The van der Waals surface area contributed by atoms with Crippen LogP contribution < -0.4 is 0 Å². The van der Waals surface area contributed by atoms with E-state index in [0.29, 0.717) is 12.1 Å². The minimum absolute atomic E-state index is 0.0724. The number of aliphatic hydroxyl groups is 1. The standard InChI is InChI=1S/C13H11N3OS/c14-6-9-1-2-10-11(5-9)18-12(13(10)17)7-16-4-3-15-8-16/h1-5,8,12-13,17H,7H2/t12-,13-/m0/s1. The summed E-state index contributed by atoms with van der Waals surface area (Å²) in [6.07, 6.45) is 4.88. The van der Waals surface area contributed by atoms with Gasteiger partial charge in [-0.2, -0.15) is 5.26 Å². The Bertz CT molecular complexity index is 603. The Morgan fingerprint density at radius 3 is 3.11 bits per heavy atom. The average molecular weight is 257 g/mol. The molecule has 0 unspecified atom stereocenters. The molecule has 1 aromatic carbocycles. The van der Waals surface area contributed by atoms with E-state index in [-0.39, 0.29) is 5.25 Å². The van der Waals surface area contributed by atoms with Crippen molar-refractivity contribution in [3.8, 4) is 6.07 Å². The van der Waals surface area contributed by atoms with Gasteiger partial charge in [0.25, 0.3) is 0 Å². The molecule has 2 heterocycles. The van der Waals surface area contributed by atoms with Gasteiger partial charge in [0.05, 0.1) is 29.3 Å². The third kappa shape index (κ3) is 1.90. The number of nitrogens with zero attached hydrogens (tertiary/aromatic N) is 3. The molecule has 0 radical (unpaired) electrons. The maximum atomic E-state index is 10.3. The van der Waals surface area contributed by atoms with Crippen molar-refractivity contribution in [2.24, 2.45) is 0 Å². The largest absolute Gasteiger partial charge is 0.387 e. The van der Waals surface area contributed by atoms with Crippen LogP contribution in [0.15, 0.2) is 41.8 Å². The Balaban J connectivity index is 1.85. The number of fused-ring (bicyclic) bond motifs is 1. The maximum absolute atomic E-state index is 10.3. The van der Waals surface area contributed by atoms with Gasteiger partial charge in [-0.25, -0.2) is 4.98 Å². The van der Waals surface area contributed by atoms with Gasteiger partial charge < -0.3 is 9.67 Å². The van der Waals surface area contributed by atoms with E-state index >= 15 is 0 Å². The lowest BCUT2D eigenvalue weighted by molar-refractivity contribution is 0.170. The first kappa shape index (κ1) is 11.3. The fourth-order valence-corrected chi connectivity index (χ4v) is 3.49. The molecular formula is C13H11N3OS. The van der Waals surface area contributed by atoms with Gasteiger partial charge in [0, 0.05) is 23.8 Å². The zero-order valence-electron chi connectivity index (χ0n) is 9.52. The molecule has 1 N–H and O–H groups in total. The molecule has 3 rings (SSSR count). The molecule has 4 nitrogen and oxygen atoms in total. The van der Waals surface area contributed by atoms with E-state index in [1.165, 1.54) is 0 Å². The summed E-state index contributed by atoms with van der Waals surface area (Å²) in [5, 5.41) is 19.2. The second-order valence-corrected chi connectivity index (χ2v) is 5.51. The fraction of sp³-hybridized carbons (Fsp3) is 0.231. The van der Waals surface area contributed by atoms with Gasteiger partial charge in [-0.1, -0.05) is 6.07 Å². The van der Waals surface area contributed by atoms with Crippen molar-refractivity contribution < 1.29 is 5.11 Å². The summed E-state index contributed by atoms with van der Waals surface area (Å²) in [4.78, 5) is 5.00. The molecule has 0 saturated heterocycles. The highest BCUT2D eigenvalue weighted by Gasteiger charge is 2.32. The van der Waals surface area contributed by atoms with Crippen LogP contribution in [0, 0.1) is 11.3 Å². The molecule has 0 fully saturated rings. The molecule has 5 heteroatoms. The van der Waals surface area contributed by atoms with E-state index in [1.54, 1.807) is 30.4 Å². The maximum Gasteiger partial charge on any atom is 0.0992 e. The van der Waals surface area contributed by atoms with Crippen molar-refractivity contribution in [1.29, 1.82) is 5.26 Å². The highest BCUT2D eigenvalue weighted by Crippen LogP contribution is 2.44. The lowest BCUT2D eigenvalue weighted by Gasteiger charge is -2.14. The molecule has 0 spiro atoms. The Hall–Kier alpha value is -1.77. The lowest BCUT2D eigenvalue weighted by atomic mass is 10.1. The molecule has 0 bridgehead atoms. The van der Waals surface area contributed by atoms with Crippen molar-refractivity contribution in [2.45, 2.75) is 22.8 Å². The molecule has 0 aliphatic carbocycles. The third-order valence-electron chi connectivity index (χ3n) is 3.04. The highest BCUT2D eigenvalue weighted by atomic mass is 32.2. The van der Waals surface area contributed by atoms with Gasteiger partial charge in [-0.05, 0) is 17.7 Å². The molecule has 1 aliphatic rings. The van der Waals surface area contributed by atoms with E-state index in [0.717, 1.165) is 10.5 Å². The first-order valence-electron chi connectivity index (χ1n) is 5.62. The summed E-state index contributed by atoms with van der Waals surface area (Å²) in [5.41, 5.74) is 1.56. The van der Waals surface area contributed by atoms with E-state index < -0.39 is 6.10 Å². The van der Waals surface area contributed by atoms with Crippen molar-refractivity contribution >= 4 is 11.8 Å². The molecular weight excluding hydrogens is 246 g/mol. The average Bonchev–Trinajstić information content (AvgIpc) is 2.99. The Morgan fingerprint density at radius 1 is 1.50 bits per heavy atom. The van der Waals surface area contributed by atoms with Crippen LogP contribution >= 0.6 is 11.8 Å². The molecule has 1 aromatic heterocycles. The molecule has 2 aromatic rings. The van der Waals surface area contributed by atoms with Crippen LogP contribution in [-0.4, -0.2) is 19.9 Å². The van der Waals surface area contributed by atoms with E-state index in [1.807, 2.05) is 22.9 Å². The summed E-state index contributed by atoms with van der Waals surface area (Å²) in [6, 6.07) is 7.56. The first-order valence-corrected chi connectivity index (χ1v) is 6.50. The lowest BCUT2D eigenvalue weighted by Crippen LogP contribution is -2.16. The normalized spacial score (nSPS) is 21.6. The molecule has 0 amide bonds. The van der Waals surface area contributed by atoms with Crippen LogP contribution in [0.25, 0.3) is 0 Å². The number of thioether (sulfide) groups is 1. The van der Waals surface area contributed by atoms with Gasteiger partial charge in [0.15, 0.2) is 0 Å². The number of benzene rings is 1. The van der Waals surface area contributed by atoms with Crippen LogP contribution in [-0.2, 0) is 6.54 Å². The predicted molar refractivity (Wildman–Crippen MR) is 68.0 cm³/mol. The zero-order chi connectivity index (χ0) is 12.5. The Labute approximate surface area is 109 Å². The first-order chi connectivity index (χ1) is 8.78. The SMILES string of the molecule is N#Cc1ccc2c(c1)S[C@@H](Cn1ccnc1)[C@H]2O. The Morgan fingerprint density at radius 2 is 2.39 bits per heavy atom. The van der Waals surface area contributed by atoms with Crippen LogP contribution in [0.2, 0.25) is 0 Å². The van der Waals surface area contributed by atoms with Crippen molar-refractivity contribution in [3.05, 3.63) is 48.0 Å². The van der Waals surface area contributed by atoms with Gasteiger partial charge in [-0.15, -0.1) is 11.8 Å². The number of rotatable bonds is 2. The van der Waals surface area contributed by atoms with E-state index in [9.17, 15) is 5.11 Å². The number of hydrogen-bond donors (Lipinski definition) is 1. The summed E-state index contributed by atoms with van der Waals surface area (Å²) in [5.74, 6) is 0. The van der Waals surface area contributed by atoms with Crippen LogP contribution in [0.1, 0.15) is 17.2 Å². The summed E-state index contributed by atoms with van der Waals surface area (Å²) in [6.45, 7) is 0.711. The smallest absolute Gasteiger partial charge is 0.0992 e. The van der Waals surface area contributed by atoms with Crippen molar-refractivity contribution in [3.63, 3.8) is 0 Å². The van der Waals surface area contributed by atoms with E-state index in [4.69, 9.17) is 5.26 Å². The Kier molecular flexibility index (Phi) is 2.82. The zero-order valence-corrected chi connectivity index (χ0v) is 10.3. The molecule has 0 saturated carbocycles. The van der Waals surface area contributed by atoms with Gasteiger partial charge in [0.1, 0.15) is 0 Å². The van der Waals surface area contributed by atoms with Crippen LogP contribution in [0.4, 0.5) is 0 Å². The van der Waals surface area contributed by atoms with Crippen LogP contribution in [0.3, 0.4) is 0 Å². The summed E-state index contributed by atoms with van der Waals surface area (Å²) >= 11 is 1.62. The minimum atomic E-state index is -0.486. The van der Waals surface area contributed by atoms with Gasteiger partial charge in [-0.3, -0.25) is 0 Å². The van der Waals surface area contributed by atoms with Crippen molar-refractivity contribution in [1.82, 2.24) is 9.55 Å². The molecule has 1 aliphatic heterocycles. The third-order valence-corrected chi connectivity index (χ3v) is 4.36. The summed E-state index contributed by atoms with van der Waals surface area (Å²) < 4.78 is 1.96. The molecule has 2 atom stereocenters. The number of aliphatic hydroxyl groups excluding tert-OH is 1. The van der Waals surface area contributed by atoms with E-state index in [2.05, 4.69) is 11.1 Å². The second-order valence-electron chi connectivity index (χ2n) is 4.23. The molecule has 90 valence electrons. The number of aromatic nitrogens is 2. The predicted octanol–water partition coefficient (Wildman–Crippen LogP) is 1.96. The highest BCUT2D eigenvalue weighted by molar-refractivity contribution is 8.00. The number of nitriles is 1. The fourth-order valence-electron chi connectivity index (χ4n) is 2.12. The van der Waals surface area contributed by atoms with Crippen molar-refractivity contribution in [2.75, 3.05) is 0 Å². The van der Waals surface area contributed by atoms with Gasteiger partial charge >= 0.3 is 0 Å². The number of hydrogen-bond acceptors (Lipinski definition) is 4. The second kappa shape index (κ2) is 4.48. The minimum Gasteiger partial charge on any atom is -0.387 e. The van der Waals surface area contributed by atoms with Crippen LogP contribution in [0.5, 0.6) is 0 Å². The summed E-state index contributed by atoms with van der Waals surface area (Å²) in [7, 11) is 0. The topological polar surface area (TPSA) is 61.8 Å².